The third-order valence-corrected chi connectivity index (χ3v) is 0. The quantitative estimate of drug-likeness (QED) is 0.223. The van der Waals surface area contributed by atoms with E-state index in [9.17, 15) is 0 Å². The Morgan fingerprint density at radius 2 is 0.526 bits per heavy atom. The molecule has 135 valence electrons. The van der Waals surface area contributed by atoms with Crippen molar-refractivity contribution in [3.63, 3.8) is 0 Å². The Hall–Kier alpha value is -1.41. The summed E-state index contributed by atoms with van der Waals surface area (Å²) in [7, 11) is 0. The maximum Gasteiger partial charge on any atom is 0.291 e. The van der Waals surface area contributed by atoms with E-state index in [1.165, 1.54) is 0 Å². The Bertz CT molecular complexity index is 115. The zero-order valence-corrected chi connectivity index (χ0v) is 10.0. The summed E-state index contributed by atoms with van der Waals surface area (Å²) in [6, 6.07) is 0. The Labute approximate surface area is 131 Å². The van der Waals surface area contributed by atoms with Crippen molar-refractivity contribution in [2.45, 2.75) is 0 Å². The fraction of sp³-hybridized carbons (Fsp3) is 0. The van der Waals surface area contributed by atoms with Crippen molar-refractivity contribution in [1.29, 1.82) is 0 Å². The van der Waals surface area contributed by atoms with Gasteiger partial charge in [0.15, 0.2) is 0 Å². The van der Waals surface area contributed by atoms with Crippen LogP contribution in [0.3, 0.4) is 0 Å². The second-order valence-corrected chi connectivity index (χ2v) is 0.714. The molecule has 0 atom stereocenters. The number of rotatable bonds is 0. The summed E-state index contributed by atoms with van der Waals surface area (Å²) < 4.78 is 0. The van der Waals surface area contributed by atoms with Gasteiger partial charge in [0.05, 0.1) is 0 Å². The topological polar surface area (TPSA) is 379 Å². The molecule has 1 radical (unpaired) electrons. The number of nitrogens with zero attached hydrogens (tertiary/aromatic N) is 3. The Kier molecular flexibility index (Phi) is 309. The van der Waals surface area contributed by atoms with Gasteiger partial charge in [0.2, 0.25) is 0 Å². The van der Waals surface area contributed by atoms with Crippen molar-refractivity contribution < 1.29 is 101 Å². The Morgan fingerprint density at radius 1 is 0.526 bits per heavy atom. The van der Waals surface area contributed by atoms with Crippen molar-refractivity contribution in [2.24, 2.45) is 0 Å². The zero-order valence-electron chi connectivity index (χ0n) is 8.39. The van der Waals surface area contributed by atoms with Crippen molar-refractivity contribution in [3.05, 3.63) is 30.3 Å². The average molecular weight is 472 g/mol. The summed E-state index contributed by atoms with van der Waals surface area (Å²) in [5, 5.41) is 40.9. The maximum atomic E-state index is 8.36. The van der Waals surface area contributed by atoms with Crippen LogP contribution in [0.25, 0.3) is 0 Å². The standard InChI is InChI=1S/Lu.3HNO3.6H2O/c;3*2-1(3)4;;;;;;/h;3*(H,2,3,4);6*1H2. The van der Waals surface area contributed by atoms with E-state index in [1.54, 1.807) is 0 Å². The van der Waals surface area contributed by atoms with E-state index in [4.69, 9.17) is 46.0 Å². The van der Waals surface area contributed by atoms with E-state index >= 15 is 0 Å². The van der Waals surface area contributed by atoms with Crippen LogP contribution >= 0.6 is 0 Å². The predicted octanol–water partition coefficient (Wildman–Crippen LogP) is -5.99. The van der Waals surface area contributed by atoms with Crippen molar-refractivity contribution in [1.82, 2.24) is 0 Å². The van der Waals surface area contributed by atoms with Gasteiger partial charge >= 0.3 is 0 Å². The first kappa shape index (κ1) is 84.0. The number of hydrogen-bond acceptors (Lipinski definition) is 6. The molecular formula is H15LuN3O15. The van der Waals surface area contributed by atoms with E-state index in [2.05, 4.69) is 0 Å². The molecule has 0 heterocycles. The van der Waals surface area contributed by atoms with E-state index in [0.29, 0.717) is 0 Å². The summed E-state index contributed by atoms with van der Waals surface area (Å²) >= 11 is 0. The van der Waals surface area contributed by atoms with Crippen molar-refractivity contribution in [3.8, 4) is 0 Å². The molecule has 0 aliphatic rings. The van der Waals surface area contributed by atoms with Crippen LogP contribution < -0.4 is 0 Å². The van der Waals surface area contributed by atoms with Crippen LogP contribution in [0.1, 0.15) is 0 Å². The Balaban J connectivity index is -0.00000000675. The molecule has 0 aromatic rings. The fourth-order valence-corrected chi connectivity index (χ4v) is 0. The molecule has 0 aliphatic heterocycles. The minimum absolute atomic E-state index is 0. The first-order chi connectivity index (χ1) is 5.20. The summed E-state index contributed by atoms with van der Waals surface area (Å²) in [5.74, 6) is 0. The van der Waals surface area contributed by atoms with Gasteiger partial charge in [-0.25, -0.2) is 0 Å². The minimum atomic E-state index is -1.50. The minimum Gasteiger partial charge on any atom is -0.412 e. The smallest absolute Gasteiger partial charge is 0.291 e. The van der Waals surface area contributed by atoms with Gasteiger partial charge in [0.1, 0.15) is 0 Å². The summed E-state index contributed by atoms with van der Waals surface area (Å²) in [5.41, 5.74) is 0. The third kappa shape index (κ3) is 1790. The van der Waals surface area contributed by atoms with E-state index < -0.39 is 15.3 Å². The molecule has 19 heteroatoms. The molecule has 15 N–H and O–H groups in total. The first-order valence-electron chi connectivity index (χ1n) is 1.70. The van der Waals surface area contributed by atoms with Crippen LogP contribution in [0.5, 0.6) is 0 Å². The normalized spacial score (nSPS) is 3.79. The monoisotopic (exact) mass is 472 g/mol. The molecule has 0 aromatic heterocycles. The third-order valence-electron chi connectivity index (χ3n) is 0. The maximum absolute atomic E-state index is 8.36. The molecule has 18 nitrogen and oxygen atoms in total. The van der Waals surface area contributed by atoms with Gasteiger partial charge in [-0.15, -0.1) is 30.3 Å². The number of hydrogen-bond donors (Lipinski definition) is 3. The van der Waals surface area contributed by atoms with Crippen molar-refractivity contribution >= 4 is 0 Å². The average Bonchev–Trinajstić information content (AvgIpc) is 1.54. The van der Waals surface area contributed by atoms with Crippen LogP contribution in [0.4, 0.5) is 0 Å². The van der Waals surface area contributed by atoms with Crippen molar-refractivity contribution in [2.75, 3.05) is 0 Å². The summed E-state index contributed by atoms with van der Waals surface area (Å²) in [6.07, 6.45) is 0. The van der Waals surface area contributed by atoms with Crippen LogP contribution in [0.15, 0.2) is 0 Å². The molecule has 0 spiro atoms. The first-order valence-corrected chi connectivity index (χ1v) is 1.70. The van der Waals surface area contributed by atoms with E-state index in [0.717, 1.165) is 0 Å². The van der Waals surface area contributed by atoms with Crippen LogP contribution in [-0.2, 0) is 0 Å². The van der Waals surface area contributed by atoms with Crippen LogP contribution in [0.2, 0.25) is 0 Å². The molecule has 0 unspecified atom stereocenters. The van der Waals surface area contributed by atoms with E-state index in [-0.39, 0.29) is 69.7 Å². The van der Waals surface area contributed by atoms with Crippen LogP contribution in [-0.4, -0.2) is 63.7 Å². The molecule has 19 heavy (non-hydrogen) atoms. The molecule has 0 fully saturated rings. The largest absolute Gasteiger partial charge is 0.412 e. The van der Waals surface area contributed by atoms with E-state index in [1.807, 2.05) is 0 Å². The molecule has 0 aromatic carbocycles. The fourth-order valence-electron chi connectivity index (χ4n) is 0. The molecular weight excluding hydrogens is 457 g/mol. The molecule has 0 rings (SSSR count). The molecule has 0 saturated carbocycles. The van der Waals surface area contributed by atoms with Crippen LogP contribution in [0, 0.1) is 67.2 Å². The van der Waals surface area contributed by atoms with Gasteiger partial charge in [-0.1, -0.05) is 0 Å². The second-order valence-electron chi connectivity index (χ2n) is 0.714. The van der Waals surface area contributed by atoms with Gasteiger partial charge in [0, 0.05) is 36.9 Å². The van der Waals surface area contributed by atoms with Gasteiger partial charge in [0.25, 0.3) is 15.3 Å². The molecule has 0 saturated heterocycles. The van der Waals surface area contributed by atoms with Gasteiger partial charge < -0.3 is 48.5 Å². The van der Waals surface area contributed by atoms with Gasteiger partial charge in [-0.05, 0) is 0 Å². The van der Waals surface area contributed by atoms with Gasteiger partial charge in [-0.3, -0.25) is 0 Å². The zero-order chi connectivity index (χ0) is 10.7. The molecule has 0 aliphatic carbocycles. The predicted molar refractivity (Wildman–Crippen MR) is 48.0 cm³/mol. The molecule has 0 amide bonds. The molecule has 0 bridgehead atoms. The Morgan fingerprint density at radius 3 is 0.526 bits per heavy atom. The summed E-state index contributed by atoms with van der Waals surface area (Å²) in [6.45, 7) is 0. The second kappa shape index (κ2) is 70.0. The van der Waals surface area contributed by atoms with Gasteiger partial charge in [-0.2, -0.15) is 0 Å². The summed E-state index contributed by atoms with van der Waals surface area (Å²) in [4.78, 5) is 25.1. The SMILES string of the molecule is O.O.O.O.O.O.O=[N+]([O-])O.O=[N+]([O-])O.O=[N+]([O-])O.[Lu].